The first-order valence-corrected chi connectivity index (χ1v) is 9.74. The van der Waals surface area contributed by atoms with Crippen molar-refractivity contribution >= 4 is 44.7 Å². The molecule has 0 aliphatic rings. The lowest BCUT2D eigenvalue weighted by molar-refractivity contribution is -0.116. The molecule has 0 fully saturated rings. The number of halogens is 2. The van der Waals surface area contributed by atoms with Gasteiger partial charge in [-0.2, -0.15) is 0 Å². The number of fused-ring (bicyclic) bond motifs is 1. The van der Waals surface area contributed by atoms with Crippen LogP contribution in [0.15, 0.2) is 69.6 Å². The van der Waals surface area contributed by atoms with E-state index in [4.69, 9.17) is 11.6 Å². The highest BCUT2D eigenvalue weighted by atomic mass is 35.5. The van der Waals surface area contributed by atoms with Crippen LogP contribution in [-0.4, -0.2) is 15.0 Å². The highest BCUT2D eigenvalue weighted by molar-refractivity contribution is 7.17. The van der Waals surface area contributed by atoms with Crippen molar-refractivity contribution in [2.45, 2.75) is 6.54 Å². The summed E-state index contributed by atoms with van der Waals surface area (Å²) in [7, 11) is 0. The third-order valence-electron chi connectivity index (χ3n) is 4.25. The van der Waals surface area contributed by atoms with Crippen molar-refractivity contribution in [2.24, 2.45) is 0 Å². The van der Waals surface area contributed by atoms with E-state index in [0.29, 0.717) is 20.9 Å². The normalized spacial score (nSPS) is 11.0. The van der Waals surface area contributed by atoms with Gasteiger partial charge in [-0.05, 0) is 53.9 Å². The molecule has 0 aliphatic heterocycles. The molecule has 9 heteroatoms. The minimum absolute atomic E-state index is 0.223. The van der Waals surface area contributed by atoms with Crippen LogP contribution in [0.4, 0.5) is 10.1 Å². The van der Waals surface area contributed by atoms with Crippen molar-refractivity contribution in [1.29, 1.82) is 0 Å². The summed E-state index contributed by atoms with van der Waals surface area (Å²) < 4.78 is 15.7. The van der Waals surface area contributed by atoms with Gasteiger partial charge in [0, 0.05) is 10.7 Å². The predicted octanol–water partition coefficient (Wildman–Crippen LogP) is 3.65. The lowest BCUT2D eigenvalue weighted by Crippen LogP contribution is -2.40. The van der Waals surface area contributed by atoms with Crippen molar-refractivity contribution in [2.75, 3.05) is 5.32 Å². The van der Waals surface area contributed by atoms with Gasteiger partial charge in [0.15, 0.2) is 0 Å². The van der Waals surface area contributed by atoms with Crippen LogP contribution in [-0.2, 0) is 11.3 Å². The van der Waals surface area contributed by atoms with Crippen LogP contribution in [0, 0.1) is 5.82 Å². The van der Waals surface area contributed by atoms with Crippen LogP contribution in [0.1, 0.15) is 0 Å². The number of nitrogens with zero attached hydrogens (tertiary/aromatic N) is 2. The molecule has 4 aromatic rings. The Hall–Kier alpha value is -3.23. The second kappa shape index (κ2) is 7.65. The number of thiophene rings is 1. The summed E-state index contributed by atoms with van der Waals surface area (Å²) in [6, 6.07) is 13.2. The van der Waals surface area contributed by atoms with Crippen LogP contribution in [0.3, 0.4) is 0 Å². The fraction of sp³-hybridized carbons (Fsp3) is 0.0500. The average Bonchev–Trinajstić information content (AvgIpc) is 3.17. The van der Waals surface area contributed by atoms with Gasteiger partial charge in [0.1, 0.15) is 17.1 Å². The third kappa shape index (κ3) is 3.72. The van der Waals surface area contributed by atoms with Gasteiger partial charge in [-0.1, -0.05) is 17.7 Å². The Morgan fingerprint density at radius 1 is 1.10 bits per heavy atom. The number of rotatable bonds is 4. The van der Waals surface area contributed by atoms with Gasteiger partial charge in [-0.3, -0.25) is 14.2 Å². The van der Waals surface area contributed by atoms with E-state index in [-0.39, 0.29) is 12.2 Å². The first-order chi connectivity index (χ1) is 13.9. The molecule has 2 aromatic carbocycles. The summed E-state index contributed by atoms with van der Waals surface area (Å²) in [5.41, 5.74) is -0.124. The summed E-state index contributed by atoms with van der Waals surface area (Å²) in [6.45, 7) is -0.306. The van der Waals surface area contributed by atoms with E-state index in [1.54, 1.807) is 35.7 Å². The van der Waals surface area contributed by atoms with E-state index in [1.165, 1.54) is 28.0 Å². The molecule has 0 spiro atoms. The van der Waals surface area contributed by atoms with E-state index in [0.717, 1.165) is 16.7 Å². The number of aromatic nitrogens is 2. The molecule has 1 amide bonds. The lowest BCUT2D eigenvalue weighted by atomic mass is 10.3. The number of anilines is 1. The Morgan fingerprint density at radius 2 is 1.86 bits per heavy atom. The fourth-order valence-corrected chi connectivity index (χ4v) is 3.98. The minimum Gasteiger partial charge on any atom is -0.324 e. The Kier molecular flexibility index (Phi) is 5.04. The smallest absolute Gasteiger partial charge is 0.324 e. The first-order valence-electron chi connectivity index (χ1n) is 8.48. The SMILES string of the molecule is O=C(Cn1c(=O)n(-c2ccc(F)cc2)c(=O)c2sccc21)Nc1cccc(Cl)c1. The van der Waals surface area contributed by atoms with Crippen LogP contribution in [0.2, 0.25) is 5.02 Å². The van der Waals surface area contributed by atoms with Crippen LogP contribution in [0.25, 0.3) is 15.9 Å². The number of hydrogen-bond donors (Lipinski definition) is 1. The van der Waals surface area contributed by atoms with Crippen LogP contribution in [0.5, 0.6) is 0 Å². The Balaban J connectivity index is 1.79. The molecular weight excluding hydrogens is 417 g/mol. The molecular formula is C20H13ClFN3O3S. The quantitative estimate of drug-likeness (QED) is 0.538. The summed E-state index contributed by atoms with van der Waals surface area (Å²) in [5, 5.41) is 4.82. The average molecular weight is 430 g/mol. The summed E-state index contributed by atoms with van der Waals surface area (Å²) in [6.07, 6.45) is 0. The molecule has 0 aliphatic carbocycles. The topological polar surface area (TPSA) is 73.1 Å². The molecule has 0 saturated carbocycles. The second-order valence-corrected chi connectivity index (χ2v) is 7.53. The molecule has 2 aromatic heterocycles. The number of benzene rings is 2. The van der Waals surface area contributed by atoms with Gasteiger partial charge in [0.2, 0.25) is 5.91 Å². The summed E-state index contributed by atoms with van der Waals surface area (Å²) >= 11 is 7.09. The van der Waals surface area contributed by atoms with Gasteiger partial charge in [0.25, 0.3) is 5.56 Å². The second-order valence-electron chi connectivity index (χ2n) is 6.18. The fourth-order valence-electron chi connectivity index (χ4n) is 2.97. The zero-order valence-corrected chi connectivity index (χ0v) is 16.3. The van der Waals surface area contributed by atoms with E-state index < -0.39 is 23.0 Å². The number of carbonyl (C=O) groups is 1. The highest BCUT2D eigenvalue weighted by Crippen LogP contribution is 2.18. The zero-order chi connectivity index (χ0) is 20.5. The molecule has 0 radical (unpaired) electrons. The Labute approximate surface area is 172 Å². The van der Waals surface area contributed by atoms with Gasteiger partial charge < -0.3 is 5.32 Å². The molecule has 4 rings (SSSR count). The maximum atomic E-state index is 13.3. The third-order valence-corrected chi connectivity index (χ3v) is 5.38. The van der Waals surface area contributed by atoms with Gasteiger partial charge >= 0.3 is 5.69 Å². The monoisotopic (exact) mass is 429 g/mol. The highest BCUT2D eigenvalue weighted by Gasteiger charge is 2.17. The van der Waals surface area contributed by atoms with Crippen molar-refractivity contribution in [3.05, 3.63) is 91.7 Å². The minimum atomic E-state index is -0.686. The predicted molar refractivity (Wildman–Crippen MR) is 112 cm³/mol. The van der Waals surface area contributed by atoms with Gasteiger partial charge in [-0.25, -0.2) is 13.8 Å². The maximum Gasteiger partial charge on any atom is 0.336 e. The Morgan fingerprint density at radius 3 is 2.59 bits per heavy atom. The summed E-state index contributed by atoms with van der Waals surface area (Å²) in [5.74, 6) is -0.939. The van der Waals surface area contributed by atoms with Crippen molar-refractivity contribution in [3.8, 4) is 5.69 Å². The van der Waals surface area contributed by atoms with Crippen LogP contribution < -0.4 is 16.6 Å². The molecule has 2 heterocycles. The number of carbonyl (C=O) groups excluding carboxylic acids is 1. The largest absolute Gasteiger partial charge is 0.336 e. The van der Waals surface area contributed by atoms with E-state index in [2.05, 4.69) is 5.32 Å². The number of amides is 1. The zero-order valence-electron chi connectivity index (χ0n) is 14.8. The van der Waals surface area contributed by atoms with Crippen molar-refractivity contribution < 1.29 is 9.18 Å². The lowest BCUT2D eigenvalue weighted by Gasteiger charge is -2.12. The summed E-state index contributed by atoms with van der Waals surface area (Å²) in [4.78, 5) is 38.4. The van der Waals surface area contributed by atoms with Gasteiger partial charge in [-0.15, -0.1) is 11.3 Å². The molecule has 6 nitrogen and oxygen atoms in total. The molecule has 146 valence electrons. The van der Waals surface area contributed by atoms with Crippen molar-refractivity contribution in [3.63, 3.8) is 0 Å². The van der Waals surface area contributed by atoms with E-state index in [9.17, 15) is 18.8 Å². The Bertz CT molecular complexity index is 1340. The molecule has 0 saturated heterocycles. The molecule has 0 atom stereocenters. The van der Waals surface area contributed by atoms with E-state index >= 15 is 0 Å². The van der Waals surface area contributed by atoms with E-state index in [1.807, 2.05) is 0 Å². The molecule has 0 unspecified atom stereocenters. The van der Waals surface area contributed by atoms with Crippen LogP contribution >= 0.6 is 22.9 Å². The number of nitrogens with one attached hydrogen (secondary N) is 1. The van der Waals surface area contributed by atoms with Crippen molar-refractivity contribution in [1.82, 2.24) is 9.13 Å². The molecule has 29 heavy (non-hydrogen) atoms. The first kappa shape index (κ1) is 19.1. The van der Waals surface area contributed by atoms with Gasteiger partial charge in [0.05, 0.1) is 11.2 Å². The molecule has 0 bridgehead atoms. The number of hydrogen-bond acceptors (Lipinski definition) is 4. The standard InChI is InChI=1S/C20H13ClFN3O3S/c21-12-2-1-3-14(10-12)23-17(26)11-24-16-8-9-29-18(16)19(27)25(20(24)28)15-6-4-13(22)5-7-15/h1-10H,11H2,(H,23,26). The maximum absolute atomic E-state index is 13.3. The molecule has 1 N–H and O–H groups in total.